The van der Waals surface area contributed by atoms with E-state index in [2.05, 4.69) is 16.0 Å². The Hall–Kier alpha value is -3.28. The second-order valence-corrected chi connectivity index (χ2v) is 14.4. The summed E-state index contributed by atoms with van der Waals surface area (Å²) < 4.78 is 13.8. The molecule has 13 nitrogen and oxygen atoms in total. The van der Waals surface area contributed by atoms with E-state index < -0.39 is 79.6 Å². The van der Waals surface area contributed by atoms with E-state index in [1.54, 1.807) is 30.3 Å². The zero-order valence-corrected chi connectivity index (χ0v) is 26.0. The van der Waals surface area contributed by atoms with E-state index in [4.69, 9.17) is 0 Å². The molecule has 0 aliphatic carbocycles. The van der Waals surface area contributed by atoms with Crippen molar-refractivity contribution in [2.45, 2.75) is 94.7 Å². The molecule has 1 aromatic rings. The van der Waals surface area contributed by atoms with Crippen molar-refractivity contribution < 1.29 is 38.5 Å². The molecule has 242 valence electrons. The van der Waals surface area contributed by atoms with E-state index >= 15 is 0 Å². The maximum absolute atomic E-state index is 13.8. The number of carbonyl (C=O) groups excluding carboxylic acids is 5. The fraction of sp³-hybridized carbons (Fsp3) is 0.633. The molecule has 3 saturated heterocycles. The SMILES string of the molecule is CCCC[C@@H]1NC(=O)[C@@H]2CCCN2C(=O)CCP(=O)(O)[C@H](Cc2ccccc2)NC(=O)[C@@H]2CCCN2C(=O)[C@H](CO)NC1=O. The van der Waals surface area contributed by atoms with Crippen LogP contribution in [0.2, 0.25) is 0 Å². The largest absolute Gasteiger partial charge is 0.394 e. The molecule has 1 aromatic carbocycles. The van der Waals surface area contributed by atoms with Crippen molar-refractivity contribution in [2.24, 2.45) is 0 Å². The molecule has 5 N–H and O–H groups in total. The number of aliphatic hydroxyl groups excluding tert-OH is 1. The number of hydrogen-bond acceptors (Lipinski definition) is 7. The van der Waals surface area contributed by atoms with Crippen LogP contribution in [-0.4, -0.2) is 105 Å². The molecule has 5 amide bonds. The number of benzene rings is 1. The fourth-order valence-electron chi connectivity index (χ4n) is 6.19. The Kier molecular flexibility index (Phi) is 11.6. The lowest BCUT2D eigenvalue weighted by Gasteiger charge is -2.32. The Morgan fingerprint density at radius 3 is 2.14 bits per heavy atom. The van der Waals surface area contributed by atoms with Gasteiger partial charge in [-0.25, -0.2) is 0 Å². The first-order valence-electron chi connectivity index (χ1n) is 15.5. The van der Waals surface area contributed by atoms with Gasteiger partial charge in [-0.1, -0.05) is 50.1 Å². The van der Waals surface area contributed by atoms with E-state index in [1.807, 2.05) is 6.92 Å². The molecule has 3 fully saturated rings. The summed E-state index contributed by atoms with van der Waals surface area (Å²) in [5.41, 5.74) is 0.705. The summed E-state index contributed by atoms with van der Waals surface area (Å²) in [5, 5.41) is 18.1. The van der Waals surface area contributed by atoms with Crippen LogP contribution in [0.3, 0.4) is 0 Å². The van der Waals surface area contributed by atoms with Crippen LogP contribution in [0.15, 0.2) is 30.3 Å². The average Bonchev–Trinajstić information content (AvgIpc) is 3.71. The topological polar surface area (TPSA) is 185 Å². The highest BCUT2D eigenvalue weighted by Gasteiger charge is 2.42. The Morgan fingerprint density at radius 2 is 1.48 bits per heavy atom. The van der Waals surface area contributed by atoms with Crippen LogP contribution in [0.4, 0.5) is 0 Å². The van der Waals surface area contributed by atoms with Gasteiger partial charge in [0.1, 0.15) is 30.0 Å². The van der Waals surface area contributed by atoms with Gasteiger partial charge in [-0.2, -0.15) is 0 Å². The molecule has 44 heavy (non-hydrogen) atoms. The molecule has 0 saturated carbocycles. The van der Waals surface area contributed by atoms with Crippen molar-refractivity contribution in [3.05, 3.63) is 35.9 Å². The molecular formula is C30H44N5O8P. The van der Waals surface area contributed by atoms with Gasteiger partial charge in [-0.3, -0.25) is 28.5 Å². The van der Waals surface area contributed by atoms with Crippen LogP contribution >= 0.6 is 7.37 Å². The van der Waals surface area contributed by atoms with Gasteiger partial charge in [0.05, 0.1) is 6.61 Å². The van der Waals surface area contributed by atoms with Crippen LogP contribution in [0, 0.1) is 0 Å². The average molecular weight is 634 g/mol. The lowest BCUT2D eigenvalue weighted by atomic mass is 10.1. The number of nitrogens with one attached hydrogen (secondary N) is 3. The van der Waals surface area contributed by atoms with Crippen molar-refractivity contribution in [3.8, 4) is 0 Å². The molecule has 1 unspecified atom stereocenters. The molecule has 0 bridgehead atoms. The first-order valence-corrected chi connectivity index (χ1v) is 17.4. The molecule has 0 spiro atoms. The van der Waals surface area contributed by atoms with Gasteiger partial charge in [0.25, 0.3) is 0 Å². The fourth-order valence-corrected chi connectivity index (χ4v) is 7.84. The smallest absolute Gasteiger partial charge is 0.248 e. The number of amides is 5. The number of aliphatic hydroxyl groups is 1. The highest BCUT2D eigenvalue weighted by atomic mass is 31.2. The van der Waals surface area contributed by atoms with Crippen molar-refractivity contribution in [3.63, 3.8) is 0 Å². The number of unbranched alkanes of at least 4 members (excludes halogenated alkanes) is 1. The quantitative estimate of drug-likeness (QED) is 0.280. The van der Waals surface area contributed by atoms with Crippen LogP contribution in [0.5, 0.6) is 0 Å². The second-order valence-electron chi connectivity index (χ2n) is 11.8. The molecule has 0 radical (unpaired) electrons. The third kappa shape index (κ3) is 8.05. The van der Waals surface area contributed by atoms with Crippen LogP contribution in [0.25, 0.3) is 0 Å². The molecule has 6 atom stereocenters. The highest BCUT2D eigenvalue weighted by molar-refractivity contribution is 7.58. The molecule has 3 aliphatic rings. The van der Waals surface area contributed by atoms with E-state index in [0.29, 0.717) is 44.2 Å². The summed E-state index contributed by atoms with van der Waals surface area (Å²) >= 11 is 0. The first kappa shape index (κ1) is 33.6. The first-order chi connectivity index (χ1) is 21.1. The number of carbonyl (C=O) groups is 5. The van der Waals surface area contributed by atoms with Crippen LogP contribution in [0.1, 0.15) is 63.9 Å². The third-order valence-electron chi connectivity index (χ3n) is 8.70. The zero-order chi connectivity index (χ0) is 31.9. The minimum Gasteiger partial charge on any atom is -0.394 e. The monoisotopic (exact) mass is 633 g/mol. The number of nitrogens with zero attached hydrogens (tertiary/aromatic N) is 2. The summed E-state index contributed by atoms with van der Waals surface area (Å²) in [5.74, 6) is -4.10. The van der Waals surface area contributed by atoms with Crippen LogP contribution < -0.4 is 16.0 Å². The Labute approximate surface area is 257 Å². The van der Waals surface area contributed by atoms with Crippen molar-refractivity contribution in [1.29, 1.82) is 0 Å². The molecule has 3 aliphatic heterocycles. The third-order valence-corrected chi connectivity index (χ3v) is 10.9. The zero-order valence-electron chi connectivity index (χ0n) is 25.2. The molecular weight excluding hydrogens is 589 g/mol. The number of hydrogen-bond donors (Lipinski definition) is 5. The van der Waals surface area contributed by atoms with Gasteiger partial charge in [0.2, 0.25) is 36.9 Å². The Balaban J connectivity index is 1.67. The number of fused-ring (bicyclic) bond motifs is 2. The predicted octanol–water partition coefficient (Wildman–Crippen LogP) is 0.480. The van der Waals surface area contributed by atoms with Crippen LogP contribution in [-0.2, 0) is 35.0 Å². The maximum atomic E-state index is 13.8. The highest BCUT2D eigenvalue weighted by Crippen LogP contribution is 2.47. The van der Waals surface area contributed by atoms with E-state index in [9.17, 15) is 38.5 Å². The standard InChI is InChI=1S/C30H44N5O8P/c1-2-3-11-21-27(38)32-22(19-36)30(41)35-16-8-13-24(35)29(40)33-25(18-20-9-5-4-6-10-20)44(42,43)17-14-26(37)34-15-7-12-23(34)28(39)31-21/h4-6,9-10,21-25,36H,2-3,7-8,11-19H2,1H3,(H,31,39)(H,32,38)(H,33,40)(H,42,43)/t21-,22-,23-,24-,25+/m0/s1. The van der Waals surface area contributed by atoms with Gasteiger partial charge in [0, 0.05) is 32.1 Å². The van der Waals surface area contributed by atoms with Gasteiger partial charge in [0.15, 0.2) is 0 Å². The molecule has 0 aromatic heterocycles. The normalized spacial score (nSPS) is 31.0. The van der Waals surface area contributed by atoms with Gasteiger partial charge in [-0.05, 0) is 37.7 Å². The minimum atomic E-state index is -4.18. The minimum absolute atomic E-state index is 0.0262. The summed E-state index contributed by atoms with van der Waals surface area (Å²) in [6.45, 7) is 1.70. The van der Waals surface area contributed by atoms with Crippen molar-refractivity contribution in [1.82, 2.24) is 25.8 Å². The van der Waals surface area contributed by atoms with Crippen molar-refractivity contribution in [2.75, 3.05) is 25.9 Å². The van der Waals surface area contributed by atoms with Gasteiger partial charge in [-0.15, -0.1) is 0 Å². The molecule has 3 heterocycles. The second kappa shape index (κ2) is 15.1. The van der Waals surface area contributed by atoms with Crippen molar-refractivity contribution >= 4 is 36.9 Å². The lowest BCUT2D eigenvalue weighted by Crippen LogP contribution is -2.59. The predicted molar refractivity (Wildman–Crippen MR) is 161 cm³/mol. The lowest BCUT2D eigenvalue weighted by molar-refractivity contribution is -0.143. The van der Waals surface area contributed by atoms with Gasteiger partial charge >= 0.3 is 0 Å². The number of rotatable bonds is 6. The maximum Gasteiger partial charge on any atom is 0.248 e. The Bertz CT molecular complexity index is 1260. The summed E-state index contributed by atoms with van der Waals surface area (Å²) in [6.07, 6.45) is 2.65. The Morgan fingerprint density at radius 1 is 0.864 bits per heavy atom. The summed E-state index contributed by atoms with van der Waals surface area (Å²) in [4.78, 5) is 81.1. The molecule has 14 heteroatoms. The van der Waals surface area contributed by atoms with Gasteiger partial charge < -0.3 is 35.8 Å². The van der Waals surface area contributed by atoms with E-state index in [0.717, 1.165) is 6.42 Å². The summed E-state index contributed by atoms with van der Waals surface area (Å²) in [7, 11) is -4.18. The van der Waals surface area contributed by atoms with E-state index in [-0.39, 0.29) is 25.8 Å². The summed E-state index contributed by atoms with van der Waals surface area (Å²) in [6, 6.07) is 4.69. The van der Waals surface area contributed by atoms with E-state index in [1.165, 1.54) is 9.80 Å². The molecule has 4 rings (SSSR count).